The van der Waals surface area contributed by atoms with Crippen molar-refractivity contribution in [3.63, 3.8) is 0 Å². The van der Waals surface area contributed by atoms with Crippen LogP contribution in [-0.2, 0) is 0 Å². The van der Waals surface area contributed by atoms with Crippen LogP contribution in [0, 0.1) is 0 Å². The Morgan fingerprint density at radius 3 is 1.87 bits per heavy atom. The Kier molecular flexibility index (Phi) is 6.57. The number of nitrogens with zero attached hydrogens (tertiary/aromatic N) is 2. The summed E-state index contributed by atoms with van der Waals surface area (Å²) in [5.41, 5.74) is 11.3. The molecule has 6 aromatic carbocycles. The molecule has 0 fully saturated rings. The second-order valence-electron chi connectivity index (χ2n) is 11.9. The molecule has 1 unspecified atom stereocenters. The summed E-state index contributed by atoms with van der Waals surface area (Å²) < 4.78 is 12.7. The van der Waals surface area contributed by atoms with E-state index in [2.05, 4.69) is 126 Å². The number of rotatable bonds is 6. The summed E-state index contributed by atoms with van der Waals surface area (Å²) in [5, 5.41) is 2.08. The summed E-state index contributed by atoms with van der Waals surface area (Å²) in [7, 11) is 0. The molecule has 1 aliphatic rings. The van der Waals surface area contributed by atoms with Crippen LogP contribution in [0.5, 0.6) is 0 Å². The molecular formula is C43H30N2O2. The minimum Gasteiger partial charge on any atom is -0.456 e. The minimum absolute atomic E-state index is 0.0499. The summed E-state index contributed by atoms with van der Waals surface area (Å²) in [4.78, 5) is 7.34. The van der Waals surface area contributed by atoms with Gasteiger partial charge in [0, 0.05) is 22.2 Å². The normalized spacial score (nSPS) is 14.0. The Labute approximate surface area is 272 Å². The van der Waals surface area contributed by atoms with Gasteiger partial charge in [0.1, 0.15) is 16.5 Å². The van der Waals surface area contributed by atoms with Gasteiger partial charge in [-0.1, -0.05) is 109 Å². The summed E-state index contributed by atoms with van der Waals surface area (Å²) in [6.07, 6.45) is 5.37. The number of benzene rings is 6. The third-order valence-corrected chi connectivity index (χ3v) is 9.02. The standard InChI is InChI=1S/C43H30N2O2/c1-4-11-29(12-5-1)30-19-21-31(22-20-30)33-15-10-18-35(27-33)45(34-16-8-3-9-17-34)36-23-24-37-40(28-36)46-38-25-26-39-42(41(37)38)44-43(47-39)32-13-6-2-7-14-32/h1-22,24-28,36H,23H2. The van der Waals surface area contributed by atoms with Crippen molar-refractivity contribution in [1.29, 1.82) is 0 Å². The fraction of sp³-hybridized carbons (Fsp3) is 0.0465. The molecule has 2 heterocycles. The highest BCUT2D eigenvalue weighted by molar-refractivity contribution is 6.02. The third kappa shape index (κ3) is 4.91. The van der Waals surface area contributed by atoms with Crippen molar-refractivity contribution in [1.82, 2.24) is 4.98 Å². The molecule has 0 radical (unpaired) electrons. The van der Waals surface area contributed by atoms with Gasteiger partial charge in [0.25, 0.3) is 0 Å². The molecule has 224 valence electrons. The van der Waals surface area contributed by atoms with E-state index in [1.54, 1.807) is 0 Å². The van der Waals surface area contributed by atoms with Gasteiger partial charge in [0.15, 0.2) is 5.58 Å². The first-order valence-corrected chi connectivity index (χ1v) is 16.0. The van der Waals surface area contributed by atoms with Crippen LogP contribution in [0.25, 0.3) is 67.9 Å². The first-order chi connectivity index (χ1) is 23.3. The van der Waals surface area contributed by atoms with E-state index in [4.69, 9.17) is 13.8 Å². The van der Waals surface area contributed by atoms with Crippen LogP contribution in [0.1, 0.15) is 6.42 Å². The Morgan fingerprint density at radius 2 is 1.13 bits per heavy atom. The molecule has 47 heavy (non-hydrogen) atoms. The molecule has 9 rings (SSSR count). The maximum Gasteiger partial charge on any atom is 0.227 e. The highest BCUT2D eigenvalue weighted by Crippen LogP contribution is 2.35. The lowest BCUT2D eigenvalue weighted by molar-refractivity contribution is 0.568. The van der Waals surface area contributed by atoms with Crippen molar-refractivity contribution in [3.8, 4) is 33.7 Å². The van der Waals surface area contributed by atoms with Gasteiger partial charge in [-0.2, -0.15) is 0 Å². The number of para-hydroxylation sites is 1. The lowest BCUT2D eigenvalue weighted by Gasteiger charge is -2.32. The minimum atomic E-state index is 0.0499. The van der Waals surface area contributed by atoms with E-state index in [0.717, 1.165) is 56.1 Å². The first kappa shape index (κ1) is 27.2. The van der Waals surface area contributed by atoms with Gasteiger partial charge in [-0.25, -0.2) is 4.98 Å². The van der Waals surface area contributed by atoms with E-state index >= 15 is 0 Å². The van der Waals surface area contributed by atoms with E-state index in [0.29, 0.717) is 5.89 Å². The average Bonchev–Trinajstić information content (AvgIpc) is 3.75. The predicted molar refractivity (Wildman–Crippen MR) is 192 cm³/mol. The van der Waals surface area contributed by atoms with Crippen molar-refractivity contribution in [3.05, 3.63) is 162 Å². The van der Waals surface area contributed by atoms with Gasteiger partial charge in [0.05, 0.1) is 11.4 Å². The van der Waals surface area contributed by atoms with Crippen molar-refractivity contribution >= 4 is 45.6 Å². The van der Waals surface area contributed by atoms with E-state index in [9.17, 15) is 0 Å². The van der Waals surface area contributed by atoms with Crippen LogP contribution in [-0.4, -0.2) is 11.0 Å². The monoisotopic (exact) mass is 606 g/mol. The fourth-order valence-corrected chi connectivity index (χ4v) is 6.75. The number of hydrogen-bond donors (Lipinski definition) is 0. The maximum absolute atomic E-state index is 6.51. The molecular weight excluding hydrogens is 576 g/mol. The Morgan fingerprint density at radius 1 is 0.532 bits per heavy atom. The van der Waals surface area contributed by atoms with Gasteiger partial charge in [-0.3, -0.25) is 0 Å². The molecule has 0 aliphatic heterocycles. The number of oxazole rings is 1. The zero-order chi connectivity index (χ0) is 31.2. The average molecular weight is 607 g/mol. The number of furan rings is 1. The Bertz CT molecular complexity index is 2480. The Hall–Kier alpha value is -6.13. The topological polar surface area (TPSA) is 42.4 Å². The lowest BCUT2D eigenvalue weighted by atomic mass is 9.99. The number of hydrogen-bond acceptors (Lipinski definition) is 4. The summed E-state index contributed by atoms with van der Waals surface area (Å²) in [6.45, 7) is 0. The van der Waals surface area contributed by atoms with Crippen LogP contribution in [0.2, 0.25) is 0 Å². The second kappa shape index (κ2) is 11.3. The van der Waals surface area contributed by atoms with E-state index in [1.165, 1.54) is 22.3 Å². The molecule has 4 heteroatoms. The number of fused-ring (bicyclic) bond motifs is 5. The van der Waals surface area contributed by atoms with E-state index in [-0.39, 0.29) is 6.04 Å². The second-order valence-corrected chi connectivity index (χ2v) is 11.9. The molecule has 1 aliphatic carbocycles. The first-order valence-electron chi connectivity index (χ1n) is 16.0. The zero-order valence-corrected chi connectivity index (χ0v) is 25.6. The van der Waals surface area contributed by atoms with E-state index < -0.39 is 0 Å². The van der Waals surface area contributed by atoms with Crippen LogP contribution in [0.3, 0.4) is 0 Å². The summed E-state index contributed by atoms with van der Waals surface area (Å²) >= 11 is 0. The van der Waals surface area contributed by atoms with Crippen LogP contribution >= 0.6 is 0 Å². The van der Waals surface area contributed by atoms with Crippen LogP contribution in [0.4, 0.5) is 11.4 Å². The van der Waals surface area contributed by atoms with E-state index in [1.807, 2.05) is 42.5 Å². The Balaban J connectivity index is 1.11. The van der Waals surface area contributed by atoms with Gasteiger partial charge in [-0.05, 0) is 83.3 Å². The van der Waals surface area contributed by atoms with Crippen LogP contribution < -0.4 is 15.5 Å². The largest absolute Gasteiger partial charge is 0.456 e. The highest BCUT2D eigenvalue weighted by Gasteiger charge is 2.23. The lowest BCUT2D eigenvalue weighted by Crippen LogP contribution is -2.36. The molecule has 0 saturated carbocycles. The summed E-state index contributed by atoms with van der Waals surface area (Å²) in [6, 6.07) is 52.8. The van der Waals surface area contributed by atoms with Gasteiger partial charge in [0.2, 0.25) is 5.89 Å². The molecule has 4 nitrogen and oxygen atoms in total. The molecule has 0 bridgehead atoms. The smallest absolute Gasteiger partial charge is 0.227 e. The quantitative estimate of drug-likeness (QED) is 0.189. The molecule has 0 amide bonds. The van der Waals surface area contributed by atoms with Crippen molar-refractivity contribution < 1.29 is 8.83 Å². The predicted octanol–water partition coefficient (Wildman–Crippen LogP) is 9.75. The zero-order valence-electron chi connectivity index (χ0n) is 25.6. The fourth-order valence-electron chi connectivity index (χ4n) is 6.75. The molecule has 0 saturated heterocycles. The van der Waals surface area contributed by atoms with Crippen molar-refractivity contribution in [2.24, 2.45) is 0 Å². The number of anilines is 2. The summed E-state index contributed by atoms with van der Waals surface area (Å²) in [5.74, 6) is 0.616. The molecule has 2 aromatic heterocycles. The SMILES string of the molecule is C1=c2oc3ccc4oc(-c5ccccc5)nc4c3c2=CCC1N(c1ccccc1)c1cccc(-c2ccc(-c3ccccc3)cc2)c1. The molecule has 0 N–H and O–H groups in total. The molecule has 0 spiro atoms. The van der Waals surface area contributed by atoms with Crippen molar-refractivity contribution in [2.45, 2.75) is 12.5 Å². The van der Waals surface area contributed by atoms with Gasteiger partial charge in [-0.15, -0.1) is 0 Å². The highest BCUT2D eigenvalue weighted by atomic mass is 16.4. The van der Waals surface area contributed by atoms with Gasteiger partial charge < -0.3 is 13.7 Å². The maximum atomic E-state index is 6.51. The number of aromatic nitrogens is 1. The third-order valence-electron chi connectivity index (χ3n) is 9.02. The van der Waals surface area contributed by atoms with Crippen LogP contribution in [0.15, 0.2) is 160 Å². The molecule has 8 aromatic rings. The van der Waals surface area contributed by atoms with Crippen molar-refractivity contribution in [2.75, 3.05) is 4.90 Å². The molecule has 1 atom stereocenters. The van der Waals surface area contributed by atoms with Gasteiger partial charge >= 0.3 is 0 Å².